The van der Waals surface area contributed by atoms with Crippen molar-refractivity contribution in [2.24, 2.45) is 0 Å². The number of anilines is 2. The van der Waals surface area contributed by atoms with E-state index in [0.29, 0.717) is 0 Å². The zero-order chi connectivity index (χ0) is 10.4. The van der Waals surface area contributed by atoms with Gasteiger partial charge in [0.1, 0.15) is 11.6 Å². The normalized spacial score (nSPS) is 9.93. The van der Waals surface area contributed by atoms with Crippen LogP contribution in [-0.2, 0) is 0 Å². The topological polar surface area (TPSA) is 28.2 Å². The second-order valence-electron chi connectivity index (χ2n) is 3.32. The van der Waals surface area contributed by atoms with Crippen LogP contribution in [0.15, 0.2) is 18.2 Å². The second kappa shape index (κ2) is 5.47. The van der Waals surface area contributed by atoms with Crippen molar-refractivity contribution in [2.45, 2.75) is 20.3 Å². The van der Waals surface area contributed by atoms with Gasteiger partial charge in [0.15, 0.2) is 0 Å². The number of rotatable bonds is 5. The van der Waals surface area contributed by atoms with Crippen LogP contribution in [-0.4, -0.2) is 25.1 Å². The Morgan fingerprint density at radius 2 is 2.14 bits per heavy atom. The Labute approximate surface area is 86.2 Å². The second-order valence-corrected chi connectivity index (χ2v) is 3.32. The average Bonchev–Trinajstić information content (AvgIpc) is 2.25. The van der Waals surface area contributed by atoms with Gasteiger partial charge in [-0.2, -0.15) is 0 Å². The minimum atomic E-state index is 0.963. The van der Waals surface area contributed by atoms with Gasteiger partial charge in [-0.25, -0.2) is 4.98 Å². The van der Waals surface area contributed by atoms with Crippen molar-refractivity contribution in [3.63, 3.8) is 0 Å². The first-order chi connectivity index (χ1) is 6.77. The molecule has 1 rings (SSSR count). The van der Waals surface area contributed by atoms with Crippen LogP contribution in [0, 0.1) is 0 Å². The van der Waals surface area contributed by atoms with Gasteiger partial charge in [-0.3, -0.25) is 0 Å². The Morgan fingerprint density at radius 1 is 1.36 bits per heavy atom. The van der Waals surface area contributed by atoms with Gasteiger partial charge in [-0.05, 0) is 25.5 Å². The van der Waals surface area contributed by atoms with Gasteiger partial charge in [-0.1, -0.05) is 13.0 Å². The maximum Gasteiger partial charge on any atom is 0.130 e. The van der Waals surface area contributed by atoms with E-state index in [2.05, 4.69) is 29.0 Å². The van der Waals surface area contributed by atoms with Crippen molar-refractivity contribution in [1.29, 1.82) is 0 Å². The Balaban J connectivity index is 2.68. The van der Waals surface area contributed by atoms with Gasteiger partial charge in [-0.15, -0.1) is 0 Å². The third kappa shape index (κ3) is 2.91. The summed E-state index contributed by atoms with van der Waals surface area (Å²) >= 11 is 0. The van der Waals surface area contributed by atoms with Gasteiger partial charge in [0, 0.05) is 20.1 Å². The lowest BCUT2D eigenvalue weighted by atomic mass is 10.4. The highest BCUT2D eigenvalue weighted by molar-refractivity contribution is 5.46. The molecule has 0 aliphatic rings. The molecule has 14 heavy (non-hydrogen) atoms. The number of nitrogens with one attached hydrogen (secondary N) is 1. The Bertz CT molecular complexity index is 273. The van der Waals surface area contributed by atoms with Crippen molar-refractivity contribution in [2.75, 3.05) is 30.4 Å². The Hall–Kier alpha value is -1.25. The summed E-state index contributed by atoms with van der Waals surface area (Å²) in [5, 5.41) is 3.28. The number of pyridine rings is 1. The summed E-state index contributed by atoms with van der Waals surface area (Å²) in [4.78, 5) is 6.62. The predicted octanol–water partition coefficient (Wildman–Crippen LogP) is 2.36. The summed E-state index contributed by atoms with van der Waals surface area (Å²) in [6, 6.07) is 6.07. The SMILES string of the molecule is CCCNc1cccc(N(C)CC)n1. The summed E-state index contributed by atoms with van der Waals surface area (Å²) < 4.78 is 0. The van der Waals surface area contributed by atoms with Gasteiger partial charge >= 0.3 is 0 Å². The zero-order valence-corrected chi connectivity index (χ0v) is 9.25. The standard InChI is InChI=1S/C11H19N3/c1-4-9-12-10-7-6-8-11(13-10)14(3)5-2/h6-8H,4-5,9H2,1-3H3,(H,12,13). The van der Waals surface area contributed by atoms with E-state index in [0.717, 1.165) is 31.1 Å². The fourth-order valence-corrected chi connectivity index (χ4v) is 1.15. The van der Waals surface area contributed by atoms with Gasteiger partial charge in [0.05, 0.1) is 0 Å². The van der Waals surface area contributed by atoms with E-state index in [-0.39, 0.29) is 0 Å². The molecule has 0 spiro atoms. The molecule has 0 amide bonds. The molecule has 3 nitrogen and oxygen atoms in total. The maximum atomic E-state index is 4.50. The van der Waals surface area contributed by atoms with Crippen LogP contribution in [0.25, 0.3) is 0 Å². The van der Waals surface area contributed by atoms with E-state index in [1.165, 1.54) is 0 Å². The van der Waals surface area contributed by atoms with Crippen LogP contribution in [0.1, 0.15) is 20.3 Å². The highest BCUT2D eigenvalue weighted by atomic mass is 15.2. The molecule has 1 heterocycles. The maximum absolute atomic E-state index is 4.50. The molecular formula is C11H19N3. The molecule has 0 saturated heterocycles. The number of hydrogen-bond acceptors (Lipinski definition) is 3. The molecule has 78 valence electrons. The molecule has 0 aliphatic carbocycles. The van der Waals surface area contributed by atoms with Gasteiger partial charge < -0.3 is 10.2 Å². The smallest absolute Gasteiger partial charge is 0.130 e. The third-order valence-electron chi connectivity index (χ3n) is 2.16. The lowest BCUT2D eigenvalue weighted by Crippen LogP contribution is -2.17. The molecule has 0 saturated carbocycles. The van der Waals surface area contributed by atoms with Gasteiger partial charge in [0.2, 0.25) is 0 Å². The van der Waals surface area contributed by atoms with Crippen molar-refractivity contribution < 1.29 is 0 Å². The molecule has 0 fully saturated rings. The van der Waals surface area contributed by atoms with Crippen molar-refractivity contribution >= 4 is 11.6 Å². The summed E-state index contributed by atoms with van der Waals surface area (Å²) in [6.07, 6.45) is 1.12. The summed E-state index contributed by atoms with van der Waals surface area (Å²) in [5.41, 5.74) is 0. The van der Waals surface area contributed by atoms with Crippen molar-refractivity contribution in [1.82, 2.24) is 4.98 Å². The highest BCUT2D eigenvalue weighted by Crippen LogP contribution is 2.12. The van der Waals surface area contributed by atoms with Crippen LogP contribution in [0.3, 0.4) is 0 Å². The first-order valence-electron chi connectivity index (χ1n) is 5.20. The fraction of sp³-hybridized carbons (Fsp3) is 0.545. The summed E-state index contributed by atoms with van der Waals surface area (Å²) in [7, 11) is 2.05. The third-order valence-corrected chi connectivity index (χ3v) is 2.16. The van der Waals surface area contributed by atoms with E-state index in [1.54, 1.807) is 0 Å². The highest BCUT2D eigenvalue weighted by Gasteiger charge is 2.00. The lowest BCUT2D eigenvalue weighted by molar-refractivity contribution is 0.928. The minimum absolute atomic E-state index is 0.963. The fourth-order valence-electron chi connectivity index (χ4n) is 1.15. The van der Waals surface area contributed by atoms with Crippen LogP contribution in [0.4, 0.5) is 11.6 Å². The quantitative estimate of drug-likeness (QED) is 0.778. The monoisotopic (exact) mass is 193 g/mol. The first kappa shape index (κ1) is 10.8. The van der Waals surface area contributed by atoms with Crippen molar-refractivity contribution in [3.8, 4) is 0 Å². The van der Waals surface area contributed by atoms with Gasteiger partial charge in [0.25, 0.3) is 0 Å². The van der Waals surface area contributed by atoms with Crippen LogP contribution < -0.4 is 10.2 Å². The zero-order valence-electron chi connectivity index (χ0n) is 9.25. The number of nitrogens with zero attached hydrogens (tertiary/aromatic N) is 2. The largest absolute Gasteiger partial charge is 0.370 e. The minimum Gasteiger partial charge on any atom is -0.370 e. The Kier molecular flexibility index (Phi) is 4.23. The summed E-state index contributed by atoms with van der Waals surface area (Å²) in [5.74, 6) is 1.98. The molecule has 1 aromatic heterocycles. The lowest BCUT2D eigenvalue weighted by Gasteiger charge is -2.16. The summed E-state index contributed by atoms with van der Waals surface area (Å²) in [6.45, 7) is 6.22. The number of hydrogen-bond donors (Lipinski definition) is 1. The molecule has 0 unspecified atom stereocenters. The molecule has 1 aromatic rings. The van der Waals surface area contributed by atoms with E-state index >= 15 is 0 Å². The van der Waals surface area contributed by atoms with Crippen LogP contribution in [0.5, 0.6) is 0 Å². The molecule has 0 bridgehead atoms. The van der Waals surface area contributed by atoms with Crippen LogP contribution >= 0.6 is 0 Å². The van der Waals surface area contributed by atoms with E-state index in [4.69, 9.17) is 0 Å². The van der Waals surface area contributed by atoms with E-state index in [9.17, 15) is 0 Å². The Morgan fingerprint density at radius 3 is 2.79 bits per heavy atom. The molecular weight excluding hydrogens is 174 g/mol. The molecule has 0 atom stereocenters. The molecule has 0 aliphatic heterocycles. The average molecular weight is 193 g/mol. The molecule has 0 aromatic carbocycles. The first-order valence-corrected chi connectivity index (χ1v) is 5.20. The van der Waals surface area contributed by atoms with E-state index < -0.39 is 0 Å². The molecule has 0 radical (unpaired) electrons. The van der Waals surface area contributed by atoms with E-state index in [1.807, 2.05) is 25.2 Å². The molecule has 1 N–H and O–H groups in total. The predicted molar refractivity (Wildman–Crippen MR) is 62.0 cm³/mol. The molecule has 3 heteroatoms. The van der Waals surface area contributed by atoms with Crippen molar-refractivity contribution in [3.05, 3.63) is 18.2 Å². The van der Waals surface area contributed by atoms with Crippen LogP contribution in [0.2, 0.25) is 0 Å². The number of aromatic nitrogens is 1.